The maximum absolute atomic E-state index is 6.03. The standard InChI is InChI=1S/C15H23ClN2S/c1-10(14-7-8-15(16)19-14)18-13-5-2-4-11(13)12-6-3-9-17-12/h7-8,10-13,17-18H,2-6,9H2,1H3. The molecule has 4 heteroatoms. The monoisotopic (exact) mass is 298 g/mol. The SMILES string of the molecule is CC(NC1CCCC1C1CCCN1)c1ccc(Cl)s1. The Morgan fingerprint density at radius 1 is 1.32 bits per heavy atom. The van der Waals surface area contributed by atoms with Gasteiger partial charge in [-0.2, -0.15) is 0 Å². The lowest BCUT2D eigenvalue weighted by Crippen LogP contribution is -2.42. The van der Waals surface area contributed by atoms with E-state index in [4.69, 9.17) is 11.6 Å². The summed E-state index contributed by atoms with van der Waals surface area (Å²) >= 11 is 7.73. The summed E-state index contributed by atoms with van der Waals surface area (Å²) in [5.74, 6) is 0.820. The molecule has 3 rings (SSSR count). The van der Waals surface area contributed by atoms with Gasteiger partial charge in [-0.3, -0.25) is 0 Å². The van der Waals surface area contributed by atoms with E-state index in [1.165, 1.54) is 43.5 Å². The summed E-state index contributed by atoms with van der Waals surface area (Å²) < 4.78 is 0.893. The van der Waals surface area contributed by atoms with Crippen LogP contribution in [0.5, 0.6) is 0 Å². The largest absolute Gasteiger partial charge is 0.314 e. The molecule has 0 amide bonds. The third-order valence-corrected chi connectivity index (χ3v) is 6.08. The molecule has 2 N–H and O–H groups in total. The third-order valence-electron chi connectivity index (χ3n) is 4.67. The first-order valence-electron chi connectivity index (χ1n) is 7.48. The summed E-state index contributed by atoms with van der Waals surface area (Å²) in [6.45, 7) is 3.48. The van der Waals surface area contributed by atoms with Crippen LogP contribution in [0.1, 0.15) is 49.9 Å². The molecule has 0 aromatic carbocycles. The van der Waals surface area contributed by atoms with Gasteiger partial charge in [-0.05, 0) is 57.2 Å². The molecule has 4 unspecified atom stereocenters. The second-order valence-corrected chi connectivity index (χ2v) is 7.68. The molecular weight excluding hydrogens is 276 g/mol. The van der Waals surface area contributed by atoms with Crippen molar-refractivity contribution in [3.63, 3.8) is 0 Å². The van der Waals surface area contributed by atoms with E-state index in [0.29, 0.717) is 12.1 Å². The van der Waals surface area contributed by atoms with Gasteiger partial charge >= 0.3 is 0 Å². The average Bonchev–Trinajstić information content (AvgIpc) is 3.07. The van der Waals surface area contributed by atoms with Crippen molar-refractivity contribution in [2.75, 3.05) is 6.54 Å². The quantitative estimate of drug-likeness (QED) is 0.879. The normalized spacial score (nSPS) is 32.8. The Bertz CT molecular complexity index is 414. The molecule has 0 bridgehead atoms. The van der Waals surface area contributed by atoms with Crippen molar-refractivity contribution in [1.82, 2.24) is 10.6 Å². The Balaban J connectivity index is 1.61. The fraction of sp³-hybridized carbons (Fsp3) is 0.733. The molecule has 0 radical (unpaired) electrons. The zero-order chi connectivity index (χ0) is 13.2. The number of halogens is 1. The smallest absolute Gasteiger partial charge is 0.0931 e. The van der Waals surface area contributed by atoms with E-state index in [-0.39, 0.29) is 0 Å². The van der Waals surface area contributed by atoms with Crippen LogP contribution in [0.2, 0.25) is 4.34 Å². The highest BCUT2D eigenvalue weighted by Crippen LogP contribution is 2.34. The predicted molar refractivity (Wildman–Crippen MR) is 83.0 cm³/mol. The number of rotatable bonds is 4. The molecule has 2 fully saturated rings. The van der Waals surface area contributed by atoms with E-state index in [9.17, 15) is 0 Å². The van der Waals surface area contributed by atoms with Crippen molar-refractivity contribution in [2.24, 2.45) is 5.92 Å². The summed E-state index contributed by atoms with van der Waals surface area (Å²) in [5, 5.41) is 7.53. The highest BCUT2D eigenvalue weighted by atomic mass is 35.5. The van der Waals surface area contributed by atoms with E-state index < -0.39 is 0 Å². The van der Waals surface area contributed by atoms with E-state index >= 15 is 0 Å². The third kappa shape index (κ3) is 3.15. The Morgan fingerprint density at radius 3 is 2.89 bits per heavy atom. The average molecular weight is 299 g/mol. The van der Waals surface area contributed by atoms with E-state index in [1.54, 1.807) is 11.3 Å². The number of hydrogen-bond donors (Lipinski definition) is 2. The fourth-order valence-corrected chi connectivity index (χ4v) is 4.79. The van der Waals surface area contributed by atoms with Crippen LogP contribution in [-0.2, 0) is 0 Å². The second-order valence-electron chi connectivity index (χ2n) is 5.93. The highest BCUT2D eigenvalue weighted by Gasteiger charge is 2.35. The molecule has 1 aliphatic heterocycles. The minimum Gasteiger partial charge on any atom is -0.314 e. The van der Waals surface area contributed by atoms with Crippen molar-refractivity contribution >= 4 is 22.9 Å². The first-order chi connectivity index (χ1) is 9.24. The van der Waals surface area contributed by atoms with Gasteiger partial charge in [0.15, 0.2) is 0 Å². The molecule has 1 saturated heterocycles. The summed E-state index contributed by atoms with van der Waals surface area (Å²) in [6, 6.07) is 6.00. The number of nitrogens with one attached hydrogen (secondary N) is 2. The molecule has 0 spiro atoms. The molecule has 106 valence electrons. The van der Waals surface area contributed by atoms with Crippen molar-refractivity contribution in [3.8, 4) is 0 Å². The topological polar surface area (TPSA) is 24.1 Å². The maximum atomic E-state index is 6.03. The van der Waals surface area contributed by atoms with Gasteiger partial charge in [0, 0.05) is 23.0 Å². The summed E-state index contributed by atoms with van der Waals surface area (Å²) in [5.41, 5.74) is 0. The van der Waals surface area contributed by atoms with Crippen molar-refractivity contribution in [2.45, 2.75) is 57.2 Å². The van der Waals surface area contributed by atoms with Gasteiger partial charge in [-0.1, -0.05) is 18.0 Å². The number of thiophene rings is 1. The summed E-state index contributed by atoms with van der Waals surface area (Å²) in [6.07, 6.45) is 6.80. The highest BCUT2D eigenvalue weighted by molar-refractivity contribution is 7.16. The zero-order valence-electron chi connectivity index (χ0n) is 11.5. The number of hydrogen-bond acceptors (Lipinski definition) is 3. The summed E-state index contributed by atoms with van der Waals surface area (Å²) in [7, 11) is 0. The molecule has 19 heavy (non-hydrogen) atoms. The van der Waals surface area contributed by atoms with Crippen molar-refractivity contribution in [1.29, 1.82) is 0 Å². The van der Waals surface area contributed by atoms with Gasteiger partial charge in [-0.15, -0.1) is 11.3 Å². The zero-order valence-corrected chi connectivity index (χ0v) is 13.1. The minimum absolute atomic E-state index is 0.421. The predicted octanol–water partition coefficient (Wildman–Crippen LogP) is 3.97. The van der Waals surface area contributed by atoms with Crippen LogP contribution < -0.4 is 10.6 Å². The van der Waals surface area contributed by atoms with Crippen LogP contribution in [-0.4, -0.2) is 18.6 Å². The maximum Gasteiger partial charge on any atom is 0.0931 e. The molecule has 1 aromatic heterocycles. The van der Waals surface area contributed by atoms with Crippen molar-refractivity contribution < 1.29 is 0 Å². The lowest BCUT2D eigenvalue weighted by molar-refractivity contribution is 0.304. The van der Waals surface area contributed by atoms with Crippen LogP contribution in [0.25, 0.3) is 0 Å². The fourth-order valence-electron chi connectivity index (χ4n) is 3.72. The van der Waals surface area contributed by atoms with Crippen LogP contribution in [0.3, 0.4) is 0 Å². The molecule has 1 saturated carbocycles. The van der Waals surface area contributed by atoms with Crippen LogP contribution in [0.4, 0.5) is 0 Å². The van der Waals surface area contributed by atoms with Gasteiger partial charge in [0.2, 0.25) is 0 Å². The van der Waals surface area contributed by atoms with Crippen LogP contribution in [0.15, 0.2) is 12.1 Å². The van der Waals surface area contributed by atoms with Crippen molar-refractivity contribution in [3.05, 3.63) is 21.3 Å². The molecule has 2 heterocycles. The molecule has 2 nitrogen and oxygen atoms in total. The molecule has 4 atom stereocenters. The second kappa shape index (κ2) is 6.13. The molecule has 2 aliphatic rings. The first-order valence-corrected chi connectivity index (χ1v) is 8.68. The Labute approximate surface area is 124 Å². The minimum atomic E-state index is 0.421. The van der Waals surface area contributed by atoms with Gasteiger partial charge in [0.1, 0.15) is 0 Å². The molecule has 1 aliphatic carbocycles. The van der Waals surface area contributed by atoms with E-state index in [2.05, 4.69) is 23.6 Å². The molecule has 1 aromatic rings. The first kappa shape index (κ1) is 13.9. The Hall–Kier alpha value is -0.0900. The molecular formula is C15H23ClN2S. The lowest BCUT2D eigenvalue weighted by atomic mass is 9.92. The lowest BCUT2D eigenvalue weighted by Gasteiger charge is -2.29. The van der Waals surface area contributed by atoms with Gasteiger partial charge < -0.3 is 10.6 Å². The van der Waals surface area contributed by atoms with Crippen LogP contribution >= 0.6 is 22.9 Å². The Morgan fingerprint density at radius 2 is 2.21 bits per heavy atom. The summed E-state index contributed by atoms with van der Waals surface area (Å²) in [4.78, 5) is 1.36. The van der Waals surface area contributed by atoms with Gasteiger partial charge in [-0.25, -0.2) is 0 Å². The van der Waals surface area contributed by atoms with Gasteiger partial charge in [0.25, 0.3) is 0 Å². The van der Waals surface area contributed by atoms with Crippen LogP contribution in [0, 0.1) is 5.92 Å². The van der Waals surface area contributed by atoms with Gasteiger partial charge in [0.05, 0.1) is 4.34 Å². The van der Waals surface area contributed by atoms with E-state index in [0.717, 1.165) is 16.3 Å². The van der Waals surface area contributed by atoms with E-state index in [1.807, 2.05) is 6.07 Å². The Kier molecular flexibility index (Phi) is 4.47.